The second kappa shape index (κ2) is 9.75. The molecule has 0 atom stereocenters. The summed E-state index contributed by atoms with van der Waals surface area (Å²) >= 11 is 0. The van der Waals surface area contributed by atoms with Gasteiger partial charge in [0.15, 0.2) is 0 Å². The van der Waals surface area contributed by atoms with Crippen LogP contribution in [0.5, 0.6) is 0 Å². The molecule has 0 radical (unpaired) electrons. The van der Waals surface area contributed by atoms with E-state index in [2.05, 4.69) is 16.4 Å². The van der Waals surface area contributed by atoms with Gasteiger partial charge < -0.3 is 10.2 Å². The van der Waals surface area contributed by atoms with E-state index in [1.165, 1.54) is 31.5 Å². The topological polar surface area (TPSA) is 63.8 Å². The van der Waals surface area contributed by atoms with Crippen LogP contribution in [0.2, 0.25) is 0 Å². The van der Waals surface area contributed by atoms with Crippen LogP contribution in [0.25, 0.3) is 0 Å². The third kappa shape index (κ3) is 5.90. The molecule has 0 aromatic heterocycles. The molecule has 20 heavy (non-hydrogen) atoms. The van der Waals surface area contributed by atoms with Crippen LogP contribution >= 0.6 is 0 Å². The molecular weight excluding hydrogens is 256 g/mol. The number of unbranched alkanes of at least 4 members (excludes halogenated alkanes) is 4. The zero-order valence-electron chi connectivity index (χ0n) is 12.7. The first kappa shape index (κ1) is 17.0. The largest absolute Gasteiger partial charge is 0.481 e. The van der Waals surface area contributed by atoms with Gasteiger partial charge in [0, 0.05) is 6.42 Å². The standard InChI is InChI=1S/C15H28N2O3/c1-2-3-4-5-6-7-14-16(9-8-15(19)20)10-11-17(14)12-13-18/h18H,2-13H2,1H3/p+1. The summed E-state index contributed by atoms with van der Waals surface area (Å²) in [5, 5.41) is 17.9. The minimum atomic E-state index is -0.743. The van der Waals surface area contributed by atoms with Gasteiger partial charge in [-0.15, -0.1) is 0 Å². The van der Waals surface area contributed by atoms with Crippen LogP contribution in [0.3, 0.4) is 0 Å². The van der Waals surface area contributed by atoms with Gasteiger partial charge in [0.25, 0.3) is 0 Å². The first-order valence-electron chi connectivity index (χ1n) is 7.87. The van der Waals surface area contributed by atoms with Gasteiger partial charge in [0.2, 0.25) is 5.84 Å². The van der Waals surface area contributed by atoms with Crippen LogP contribution in [0.15, 0.2) is 0 Å². The number of rotatable bonds is 11. The highest BCUT2D eigenvalue weighted by Crippen LogP contribution is 2.12. The molecule has 1 aliphatic rings. The Morgan fingerprint density at radius 1 is 1.30 bits per heavy atom. The Hall–Kier alpha value is -1.10. The van der Waals surface area contributed by atoms with Crippen molar-refractivity contribution in [2.45, 2.75) is 51.9 Å². The average Bonchev–Trinajstić information content (AvgIpc) is 2.79. The highest BCUT2D eigenvalue weighted by atomic mass is 16.4. The Balaban J connectivity index is 2.47. The van der Waals surface area contributed by atoms with Gasteiger partial charge in [-0.05, 0) is 6.42 Å². The number of nitrogens with zero attached hydrogens (tertiary/aromatic N) is 2. The molecule has 0 spiro atoms. The van der Waals surface area contributed by atoms with Crippen LogP contribution in [0, 0.1) is 0 Å². The molecule has 0 amide bonds. The van der Waals surface area contributed by atoms with E-state index in [9.17, 15) is 4.79 Å². The molecule has 0 unspecified atom stereocenters. The lowest BCUT2D eigenvalue weighted by molar-refractivity contribution is -0.521. The molecule has 1 heterocycles. The predicted molar refractivity (Wildman–Crippen MR) is 79.3 cm³/mol. The van der Waals surface area contributed by atoms with E-state index in [1.807, 2.05) is 0 Å². The molecule has 0 aromatic carbocycles. The van der Waals surface area contributed by atoms with Crippen molar-refractivity contribution in [3.63, 3.8) is 0 Å². The second-order valence-corrected chi connectivity index (χ2v) is 5.42. The van der Waals surface area contributed by atoms with E-state index >= 15 is 0 Å². The summed E-state index contributed by atoms with van der Waals surface area (Å²) in [6, 6.07) is 0. The van der Waals surface area contributed by atoms with Gasteiger partial charge in [-0.2, -0.15) is 0 Å². The molecule has 0 aliphatic carbocycles. The maximum atomic E-state index is 10.7. The fraction of sp³-hybridized carbons (Fsp3) is 0.867. The Labute approximate surface area is 121 Å². The third-order valence-electron chi connectivity index (χ3n) is 3.84. The van der Waals surface area contributed by atoms with Gasteiger partial charge in [-0.3, -0.25) is 14.3 Å². The molecule has 0 saturated heterocycles. The van der Waals surface area contributed by atoms with Crippen molar-refractivity contribution in [2.75, 3.05) is 32.8 Å². The first-order valence-corrected chi connectivity index (χ1v) is 7.87. The molecule has 1 rings (SSSR count). The number of β-amino-alcohol motifs (C(OH)–C–C–N with tert-alkyl or cyclic N) is 1. The lowest BCUT2D eigenvalue weighted by atomic mass is 10.1. The number of carbonyl (C=O) groups is 1. The van der Waals surface area contributed by atoms with Crippen molar-refractivity contribution in [1.29, 1.82) is 0 Å². The quantitative estimate of drug-likeness (QED) is 0.446. The maximum absolute atomic E-state index is 10.7. The van der Waals surface area contributed by atoms with Gasteiger partial charge in [0.1, 0.15) is 19.6 Å². The van der Waals surface area contributed by atoms with Crippen LogP contribution in [0.4, 0.5) is 0 Å². The SMILES string of the molecule is CCCCCCCC1=[N+](CCO)CCN1CCC(=O)O. The summed E-state index contributed by atoms with van der Waals surface area (Å²) in [6.07, 6.45) is 7.39. The minimum Gasteiger partial charge on any atom is -0.481 e. The third-order valence-corrected chi connectivity index (χ3v) is 3.84. The average molecular weight is 285 g/mol. The Morgan fingerprint density at radius 2 is 2.05 bits per heavy atom. The van der Waals surface area contributed by atoms with Crippen LogP contribution in [0.1, 0.15) is 51.9 Å². The van der Waals surface area contributed by atoms with E-state index < -0.39 is 5.97 Å². The molecule has 116 valence electrons. The number of hydrogen-bond donors (Lipinski definition) is 2. The fourth-order valence-corrected chi connectivity index (χ4v) is 2.74. The summed E-state index contributed by atoms with van der Waals surface area (Å²) in [4.78, 5) is 12.9. The summed E-state index contributed by atoms with van der Waals surface area (Å²) in [5.74, 6) is 0.490. The monoisotopic (exact) mass is 285 g/mol. The molecule has 0 aromatic rings. The normalized spacial score (nSPS) is 15.2. The highest BCUT2D eigenvalue weighted by Gasteiger charge is 2.29. The summed E-state index contributed by atoms with van der Waals surface area (Å²) in [6.45, 7) is 5.41. The van der Waals surface area contributed by atoms with Crippen molar-refractivity contribution < 1.29 is 19.6 Å². The van der Waals surface area contributed by atoms with E-state index in [4.69, 9.17) is 10.2 Å². The lowest BCUT2D eigenvalue weighted by Crippen LogP contribution is -2.32. The molecule has 1 aliphatic heterocycles. The molecule has 0 bridgehead atoms. The van der Waals surface area contributed by atoms with Crippen molar-refractivity contribution in [2.24, 2.45) is 0 Å². The lowest BCUT2D eigenvalue weighted by Gasteiger charge is -2.12. The Bertz CT molecular complexity index is 329. The van der Waals surface area contributed by atoms with Crippen molar-refractivity contribution in [3.05, 3.63) is 0 Å². The minimum absolute atomic E-state index is 0.159. The van der Waals surface area contributed by atoms with Crippen molar-refractivity contribution in [1.82, 2.24) is 4.90 Å². The highest BCUT2D eigenvalue weighted by molar-refractivity contribution is 5.79. The fourth-order valence-electron chi connectivity index (χ4n) is 2.74. The maximum Gasteiger partial charge on any atom is 0.307 e. The van der Waals surface area contributed by atoms with Gasteiger partial charge in [0.05, 0.1) is 19.6 Å². The number of aliphatic hydroxyl groups excluding tert-OH is 1. The van der Waals surface area contributed by atoms with E-state index in [0.29, 0.717) is 13.1 Å². The zero-order valence-corrected chi connectivity index (χ0v) is 12.7. The number of aliphatic hydroxyl groups is 1. The number of carboxylic acids is 1. The number of carboxylic acid groups (broad SMARTS) is 1. The van der Waals surface area contributed by atoms with Crippen LogP contribution < -0.4 is 0 Å². The van der Waals surface area contributed by atoms with Crippen LogP contribution in [-0.2, 0) is 4.79 Å². The van der Waals surface area contributed by atoms with Crippen molar-refractivity contribution >= 4 is 11.8 Å². The second-order valence-electron chi connectivity index (χ2n) is 5.42. The van der Waals surface area contributed by atoms with Gasteiger partial charge >= 0.3 is 5.97 Å². The van der Waals surface area contributed by atoms with Gasteiger partial charge in [-0.1, -0.05) is 32.6 Å². The molecule has 5 nitrogen and oxygen atoms in total. The molecule has 5 heteroatoms. The molecule has 2 N–H and O–H groups in total. The van der Waals surface area contributed by atoms with E-state index in [-0.39, 0.29) is 13.0 Å². The molecule has 0 saturated carbocycles. The first-order chi connectivity index (χ1) is 9.69. The smallest absolute Gasteiger partial charge is 0.307 e. The van der Waals surface area contributed by atoms with Crippen LogP contribution in [-0.4, -0.2) is 64.3 Å². The number of amidine groups is 1. The summed E-state index contributed by atoms with van der Waals surface area (Å²) < 4.78 is 2.21. The van der Waals surface area contributed by atoms with E-state index in [0.717, 1.165) is 25.9 Å². The number of hydrogen-bond acceptors (Lipinski definition) is 3. The van der Waals surface area contributed by atoms with Gasteiger partial charge in [-0.25, -0.2) is 0 Å². The molecular formula is C15H29N2O3+. The van der Waals surface area contributed by atoms with Crippen molar-refractivity contribution in [3.8, 4) is 0 Å². The summed E-state index contributed by atoms with van der Waals surface area (Å²) in [7, 11) is 0. The van der Waals surface area contributed by atoms with E-state index in [1.54, 1.807) is 0 Å². The predicted octanol–water partition coefficient (Wildman–Crippen LogP) is 1.54. The summed E-state index contributed by atoms with van der Waals surface area (Å²) in [5.41, 5.74) is 0. The molecule has 0 fully saturated rings. The zero-order chi connectivity index (χ0) is 14.8. The number of aliphatic carboxylic acids is 1. The Morgan fingerprint density at radius 3 is 2.70 bits per heavy atom. The Kier molecular flexibility index (Phi) is 8.26.